The van der Waals surface area contributed by atoms with Crippen LogP contribution in [0.15, 0.2) is 24.3 Å². The first-order chi connectivity index (χ1) is 12.1. The predicted octanol–water partition coefficient (Wildman–Crippen LogP) is 5.43. The average molecular weight is 372 g/mol. The maximum Gasteiger partial charge on any atom is 0.307 e. The Morgan fingerprint density at radius 1 is 1.28 bits per heavy atom. The Kier molecular flexibility index (Phi) is 4.26. The van der Waals surface area contributed by atoms with Crippen molar-refractivity contribution in [3.63, 3.8) is 0 Å². The minimum Gasteiger partial charge on any atom is -0.481 e. The number of carboxylic acid groups (broad SMARTS) is 1. The van der Waals surface area contributed by atoms with Gasteiger partial charge in [-0.3, -0.25) is 4.79 Å². The van der Waals surface area contributed by atoms with Gasteiger partial charge < -0.3 is 5.11 Å². The number of carbonyl (C=O) groups is 1. The maximum absolute atomic E-state index is 11.5. The lowest BCUT2D eigenvalue weighted by molar-refractivity contribution is -0.136. The molecule has 0 unspecified atom stereocenters. The molecule has 1 aliphatic carbocycles. The summed E-state index contributed by atoms with van der Waals surface area (Å²) < 4.78 is 0. The molecule has 1 aromatic carbocycles. The second-order valence-electron chi connectivity index (χ2n) is 6.49. The number of hydrogen-bond acceptors (Lipinski definition) is 3. The number of benzene rings is 1. The Balaban J connectivity index is 2.13. The Morgan fingerprint density at radius 3 is 2.80 bits per heavy atom. The van der Waals surface area contributed by atoms with Crippen molar-refractivity contribution in [1.29, 1.82) is 0 Å². The lowest BCUT2D eigenvalue weighted by Gasteiger charge is -2.17. The van der Waals surface area contributed by atoms with Crippen LogP contribution in [-0.2, 0) is 24.1 Å². The summed E-state index contributed by atoms with van der Waals surface area (Å²) in [5.41, 5.74) is 4.78. The third kappa shape index (κ3) is 2.83. The number of fused-ring (bicyclic) bond motifs is 3. The van der Waals surface area contributed by atoms with Crippen LogP contribution in [-0.4, -0.2) is 16.1 Å². The number of aromatic nitrogens is 1. The van der Waals surface area contributed by atoms with Crippen LogP contribution in [0, 0.1) is 6.92 Å². The molecular formula is C20H18ClNO2S. The van der Waals surface area contributed by atoms with Crippen molar-refractivity contribution in [2.45, 2.75) is 39.0 Å². The second kappa shape index (κ2) is 6.43. The Hall–Kier alpha value is -1.91. The molecule has 0 amide bonds. The minimum atomic E-state index is -0.846. The fourth-order valence-electron chi connectivity index (χ4n) is 3.77. The summed E-state index contributed by atoms with van der Waals surface area (Å²) in [6.07, 6.45) is 4.46. The van der Waals surface area contributed by atoms with E-state index in [4.69, 9.17) is 16.6 Å². The molecule has 4 rings (SSSR count). The first kappa shape index (κ1) is 16.6. The van der Waals surface area contributed by atoms with Crippen LogP contribution < -0.4 is 0 Å². The highest BCUT2D eigenvalue weighted by molar-refractivity contribution is 7.19. The summed E-state index contributed by atoms with van der Waals surface area (Å²) in [4.78, 5) is 18.7. The van der Waals surface area contributed by atoms with Crippen LogP contribution in [0.4, 0.5) is 0 Å². The monoisotopic (exact) mass is 371 g/mol. The smallest absolute Gasteiger partial charge is 0.307 e. The first-order valence-electron chi connectivity index (χ1n) is 8.46. The Morgan fingerprint density at radius 2 is 2.04 bits per heavy atom. The number of pyridine rings is 1. The van der Waals surface area contributed by atoms with Gasteiger partial charge in [-0.25, -0.2) is 4.98 Å². The van der Waals surface area contributed by atoms with E-state index in [2.05, 4.69) is 0 Å². The quantitative estimate of drug-likeness (QED) is 0.667. The summed E-state index contributed by atoms with van der Waals surface area (Å²) in [7, 11) is 0. The van der Waals surface area contributed by atoms with Gasteiger partial charge in [-0.1, -0.05) is 29.8 Å². The molecule has 0 aliphatic heterocycles. The molecule has 3 aromatic rings. The first-order valence-corrected chi connectivity index (χ1v) is 9.66. The molecule has 0 atom stereocenters. The largest absolute Gasteiger partial charge is 0.481 e. The number of halogens is 1. The van der Waals surface area contributed by atoms with Crippen molar-refractivity contribution in [3.05, 3.63) is 51.0 Å². The summed E-state index contributed by atoms with van der Waals surface area (Å²) in [6, 6.07) is 7.69. The highest BCUT2D eigenvalue weighted by Gasteiger charge is 2.25. The standard InChI is InChI=1S/C20H18ClNO2S/c1-11-14(10-17(23)24)18(12-6-2-4-8-15(12)21)19-13-7-3-5-9-16(13)25-20(19)22-11/h2,4,6,8H,3,5,7,9-10H2,1H3,(H,23,24). The molecule has 0 saturated carbocycles. The number of hydrogen-bond donors (Lipinski definition) is 1. The van der Waals surface area contributed by atoms with E-state index in [1.54, 1.807) is 11.3 Å². The normalized spacial score (nSPS) is 13.8. The maximum atomic E-state index is 11.5. The summed E-state index contributed by atoms with van der Waals surface area (Å²) >= 11 is 8.26. The van der Waals surface area contributed by atoms with E-state index in [1.807, 2.05) is 31.2 Å². The average Bonchev–Trinajstić information content (AvgIpc) is 2.94. The van der Waals surface area contributed by atoms with E-state index >= 15 is 0 Å². The number of nitrogens with zero attached hydrogens (tertiary/aromatic N) is 1. The van der Waals surface area contributed by atoms with Gasteiger partial charge in [0, 0.05) is 26.5 Å². The zero-order valence-corrected chi connectivity index (χ0v) is 15.5. The number of rotatable bonds is 3. The van der Waals surface area contributed by atoms with Gasteiger partial charge in [0.15, 0.2) is 0 Å². The molecule has 128 valence electrons. The molecule has 2 aromatic heterocycles. The van der Waals surface area contributed by atoms with Crippen LogP contribution in [0.2, 0.25) is 5.02 Å². The van der Waals surface area contributed by atoms with E-state index < -0.39 is 5.97 Å². The molecule has 1 N–H and O–H groups in total. The van der Waals surface area contributed by atoms with Gasteiger partial charge in [-0.15, -0.1) is 11.3 Å². The van der Waals surface area contributed by atoms with Gasteiger partial charge in [0.05, 0.1) is 6.42 Å². The van der Waals surface area contributed by atoms with E-state index in [0.29, 0.717) is 5.02 Å². The lowest BCUT2D eigenvalue weighted by atomic mass is 9.89. The van der Waals surface area contributed by atoms with Gasteiger partial charge in [0.2, 0.25) is 0 Å². The summed E-state index contributed by atoms with van der Waals surface area (Å²) in [6.45, 7) is 1.90. The van der Waals surface area contributed by atoms with Gasteiger partial charge >= 0.3 is 5.97 Å². The van der Waals surface area contributed by atoms with Crippen molar-refractivity contribution in [1.82, 2.24) is 4.98 Å². The summed E-state index contributed by atoms with van der Waals surface area (Å²) in [5.74, 6) is -0.846. The number of aliphatic carboxylic acids is 1. The van der Waals surface area contributed by atoms with Crippen LogP contribution in [0.5, 0.6) is 0 Å². The Bertz CT molecular complexity index is 993. The van der Waals surface area contributed by atoms with E-state index in [-0.39, 0.29) is 6.42 Å². The van der Waals surface area contributed by atoms with Gasteiger partial charge in [0.25, 0.3) is 0 Å². The van der Waals surface area contributed by atoms with Gasteiger partial charge in [0.1, 0.15) is 4.83 Å². The molecule has 2 heterocycles. The topological polar surface area (TPSA) is 50.2 Å². The molecular weight excluding hydrogens is 354 g/mol. The molecule has 0 spiro atoms. The number of carboxylic acids is 1. The molecule has 25 heavy (non-hydrogen) atoms. The molecule has 3 nitrogen and oxygen atoms in total. The fourth-order valence-corrected chi connectivity index (χ4v) is 5.32. The van der Waals surface area contributed by atoms with Crippen molar-refractivity contribution in [3.8, 4) is 11.1 Å². The van der Waals surface area contributed by atoms with Gasteiger partial charge in [-0.2, -0.15) is 0 Å². The van der Waals surface area contributed by atoms with Crippen molar-refractivity contribution in [2.75, 3.05) is 0 Å². The molecule has 0 bridgehead atoms. The third-order valence-corrected chi connectivity index (χ3v) is 6.40. The molecule has 1 aliphatic rings. The van der Waals surface area contributed by atoms with Crippen LogP contribution in [0.3, 0.4) is 0 Å². The minimum absolute atomic E-state index is 0.0417. The van der Waals surface area contributed by atoms with Crippen molar-refractivity contribution >= 4 is 39.1 Å². The van der Waals surface area contributed by atoms with Gasteiger partial charge in [-0.05, 0) is 55.4 Å². The van der Waals surface area contributed by atoms with Crippen molar-refractivity contribution in [2.24, 2.45) is 0 Å². The zero-order valence-electron chi connectivity index (χ0n) is 13.9. The van der Waals surface area contributed by atoms with Crippen LogP contribution in [0.1, 0.15) is 34.5 Å². The van der Waals surface area contributed by atoms with E-state index in [9.17, 15) is 9.90 Å². The number of aryl methyl sites for hydroxylation is 3. The molecule has 5 heteroatoms. The van der Waals surface area contributed by atoms with E-state index in [1.165, 1.54) is 23.3 Å². The zero-order chi connectivity index (χ0) is 17.6. The molecule has 0 saturated heterocycles. The number of thiophene rings is 1. The third-order valence-electron chi connectivity index (χ3n) is 4.88. The second-order valence-corrected chi connectivity index (χ2v) is 7.98. The van der Waals surface area contributed by atoms with Crippen LogP contribution in [0.25, 0.3) is 21.3 Å². The van der Waals surface area contributed by atoms with Crippen LogP contribution >= 0.6 is 22.9 Å². The predicted molar refractivity (Wildman–Crippen MR) is 103 cm³/mol. The SMILES string of the molecule is Cc1nc2sc3c(c2c(-c2ccccc2Cl)c1CC(=O)O)CCCC3. The fraction of sp³-hybridized carbons (Fsp3) is 0.300. The highest BCUT2D eigenvalue weighted by Crippen LogP contribution is 2.44. The molecule has 0 fully saturated rings. The van der Waals surface area contributed by atoms with Crippen molar-refractivity contribution < 1.29 is 9.90 Å². The lowest BCUT2D eigenvalue weighted by Crippen LogP contribution is -2.07. The Labute approximate surface area is 155 Å². The highest BCUT2D eigenvalue weighted by atomic mass is 35.5. The molecule has 0 radical (unpaired) electrons. The summed E-state index contributed by atoms with van der Waals surface area (Å²) in [5, 5.41) is 11.2. The van der Waals surface area contributed by atoms with E-state index in [0.717, 1.165) is 45.4 Å².